The lowest BCUT2D eigenvalue weighted by atomic mass is 9.86. The third kappa shape index (κ3) is 11.1. The Morgan fingerprint density at radius 2 is 0.878 bits per heavy atom. The van der Waals surface area contributed by atoms with Crippen LogP contribution in [0.3, 0.4) is 0 Å². The highest BCUT2D eigenvalue weighted by molar-refractivity contribution is 7.80. The number of halogens is 3. The van der Waals surface area contributed by atoms with Gasteiger partial charge in [-0.05, 0) is 60.6 Å². The number of methoxy groups -OCH3 is 2. The molecule has 0 atom stereocenters. The summed E-state index contributed by atoms with van der Waals surface area (Å²) in [4.78, 5) is 0. The fourth-order valence-corrected chi connectivity index (χ4v) is 8.80. The molecule has 0 amide bonds. The molecule has 0 aliphatic heterocycles. The molecule has 3 rings (SSSR count). The Kier molecular flexibility index (Phi) is 15.0. The van der Waals surface area contributed by atoms with Crippen LogP contribution >= 0.6 is 42.7 Å². The van der Waals surface area contributed by atoms with Crippen molar-refractivity contribution in [2.75, 3.05) is 54.2 Å². The van der Waals surface area contributed by atoms with Crippen LogP contribution in [0.1, 0.15) is 79.0 Å². The standard InChI is InChI=1S/C38H52Cl3O7P/c1-36(2,3)27-16-24(39)19-30(33(27)42)49(31-20-25(40)17-28(37(4,5)6)34(31)47-22-45-14-12-43-10)32-21-26(41)18-29(38(7,8)9)35(32)48-23-46-15-13-44-11/h16-21,42H,12-15,22-23H2,1-11H3. The predicted molar refractivity (Wildman–Crippen MR) is 205 cm³/mol. The molecule has 0 aromatic heterocycles. The van der Waals surface area contributed by atoms with E-state index < -0.39 is 13.3 Å². The van der Waals surface area contributed by atoms with E-state index in [2.05, 4.69) is 41.5 Å². The number of hydrogen-bond acceptors (Lipinski definition) is 7. The van der Waals surface area contributed by atoms with Crippen molar-refractivity contribution < 1.29 is 33.5 Å². The van der Waals surface area contributed by atoms with Crippen LogP contribution in [0.5, 0.6) is 17.2 Å². The van der Waals surface area contributed by atoms with Crippen molar-refractivity contribution in [1.82, 2.24) is 0 Å². The lowest BCUT2D eigenvalue weighted by Crippen LogP contribution is -2.30. The van der Waals surface area contributed by atoms with Gasteiger partial charge in [0, 0.05) is 61.9 Å². The van der Waals surface area contributed by atoms with Crippen molar-refractivity contribution in [3.05, 3.63) is 68.2 Å². The van der Waals surface area contributed by atoms with Gasteiger partial charge in [-0.3, -0.25) is 0 Å². The molecule has 0 spiro atoms. The third-order valence-corrected chi connectivity index (χ3v) is 10.8. The van der Waals surface area contributed by atoms with Gasteiger partial charge >= 0.3 is 0 Å². The molecule has 0 saturated heterocycles. The first-order valence-electron chi connectivity index (χ1n) is 16.2. The van der Waals surface area contributed by atoms with Crippen LogP contribution in [-0.4, -0.2) is 59.3 Å². The molecule has 11 heteroatoms. The molecule has 0 bridgehead atoms. The van der Waals surface area contributed by atoms with E-state index in [1.54, 1.807) is 14.2 Å². The van der Waals surface area contributed by atoms with Crippen molar-refractivity contribution in [2.24, 2.45) is 0 Å². The number of ether oxygens (including phenoxy) is 6. The molecule has 1 N–H and O–H groups in total. The zero-order valence-corrected chi connectivity index (χ0v) is 33.8. The van der Waals surface area contributed by atoms with Gasteiger partial charge in [0.25, 0.3) is 0 Å². The molecule has 7 nitrogen and oxygen atoms in total. The summed E-state index contributed by atoms with van der Waals surface area (Å²) in [6.45, 7) is 20.2. The van der Waals surface area contributed by atoms with Gasteiger partial charge < -0.3 is 33.5 Å². The van der Waals surface area contributed by atoms with Gasteiger partial charge in [0.1, 0.15) is 17.2 Å². The molecule has 272 valence electrons. The Balaban J connectivity index is 2.52. The summed E-state index contributed by atoms with van der Waals surface area (Å²) < 4.78 is 35.0. The van der Waals surface area contributed by atoms with Gasteiger partial charge in [-0.2, -0.15) is 0 Å². The first kappa shape index (κ1) is 41.6. The molecular weight excluding hydrogens is 706 g/mol. The third-order valence-electron chi connectivity index (χ3n) is 7.71. The second kappa shape index (κ2) is 17.6. The summed E-state index contributed by atoms with van der Waals surface area (Å²) in [5.74, 6) is 1.32. The van der Waals surface area contributed by atoms with E-state index in [0.29, 0.717) is 63.9 Å². The van der Waals surface area contributed by atoms with E-state index in [4.69, 9.17) is 63.2 Å². The smallest absolute Gasteiger partial charge is 0.189 e. The monoisotopic (exact) mass is 756 g/mol. The van der Waals surface area contributed by atoms with Gasteiger partial charge in [0.15, 0.2) is 13.6 Å². The summed E-state index contributed by atoms with van der Waals surface area (Å²) >= 11 is 20.8. The molecule has 0 aliphatic carbocycles. The summed E-state index contributed by atoms with van der Waals surface area (Å²) in [6, 6.07) is 11.2. The Bertz CT molecular complexity index is 1480. The lowest BCUT2D eigenvalue weighted by Gasteiger charge is -2.33. The minimum Gasteiger partial charge on any atom is -0.507 e. The first-order valence-corrected chi connectivity index (χ1v) is 18.7. The van der Waals surface area contributed by atoms with E-state index in [-0.39, 0.29) is 30.2 Å². The largest absolute Gasteiger partial charge is 0.507 e. The van der Waals surface area contributed by atoms with E-state index >= 15 is 0 Å². The van der Waals surface area contributed by atoms with Crippen LogP contribution in [0.15, 0.2) is 36.4 Å². The fourth-order valence-electron chi connectivity index (χ4n) is 5.23. The molecular formula is C38H52Cl3O7P. The summed E-state index contributed by atoms with van der Waals surface area (Å²) in [5.41, 5.74) is 1.26. The Morgan fingerprint density at radius 3 is 1.22 bits per heavy atom. The second-order valence-electron chi connectivity index (χ2n) is 14.8. The number of rotatable bonds is 15. The molecule has 0 heterocycles. The van der Waals surface area contributed by atoms with E-state index in [0.717, 1.165) is 21.7 Å². The number of aromatic hydroxyl groups is 1. The van der Waals surface area contributed by atoms with Crippen molar-refractivity contribution >= 4 is 58.6 Å². The van der Waals surface area contributed by atoms with Crippen LogP contribution in [-0.2, 0) is 35.2 Å². The quantitative estimate of drug-likeness (QED) is 0.0943. The van der Waals surface area contributed by atoms with Crippen LogP contribution in [0.4, 0.5) is 0 Å². The number of phenols is 1. The van der Waals surface area contributed by atoms with Gasteiger partial charge in [-0.25, -0.2) is 0 Å². The number of phenolic OH excluding ortho intramolecular Hbond substituents is 1. The van der Waals surface area contributed by atoms with Crippen LogP contribution in [0.25, 0.3) is 0 Å². The second-order valence-corrected chi connectivity index (χ2v) is 18.3. The maximum atomic E-state index is 12.2. The highest BCUT2D eigenvalue weighted by Crippen LogP contribution is 2.50. The van der Waals surface area contributed by atoms with Crippen LogP contribution in [0, 0.1) is 0 Å². The minimum atomic E-state index is -1.72. The van der Waals surface area contributed by atoms with Gasteiger partial charge in [-0.1, -0.05) is 97.1 Å². The molecule has 0 aliphatic rings. The highest BCUT2D eigenvalue weighted by Gasteiger charge is 2.35. The fraction of sp³-hybridized carbons (Fsp3) is 0.526. The minimum absolute atomic E-state index is 0.0293. The molecule has 0 fully saturated rings. The topological polar surface area (TPSA) is 75.6 Å². The number of hydrogen-bond donors (Lipinski definition) is 1. The van der Waals surface area contributed by atoms with Crippen molar-refractivity contribution in [1.29, 1.82) is 0 Å². The molecule has 49 heavy (non-hydrogen) atoms. The van der Waals surface area contributed by atoms with Gasteiger partial charge in [0.2, 0.25) is 0 Å². The predicted octanol–water partition coefficient (Wildman–Crippen LogP) is 9.00. The Morgan fingerprint density at radius 1 is 0.531 bits per heavy atom. The first-order chi connectivity index (χ1) is 22.8. The molecule has 3 aromatic rings. The van der Waals surface area contributed by atoms with E-state index in [9.17, 15) is 5.11 Å². The normalized spacial score (nSPS) is 12.6. The van der Waals surface area contributed by atoms with Crippen molar-refractivity contribution in [3.8, 4) is 17.2 Å². The average molecular weight is 758 g/mol. The SMILES string of the molecule is COCCOCOc1c(P(c2cc(Cl)cc(C(C)(C)C)c2O)c2cc(Cl)cc(C(C)(C)C)c2OCOCCOC)cc(Cl)cc1C(C)(C)C. The van der Waals surface area contributed by atoms with Crippen LogP contribution in [0.2, 0.25) is 15.1 Å². The Hall–Kier alpha value is -1.80. The number of benzene rings is 3. The molecule has 0 radical (unpaired) electrons. The highest BCUT2D eigenvalue weighted by atomic mass is 35.5. The zero-order chi connectivity index (χ0) is 36.7. The van der Waals surface area contributed by atoms with Crippen molar-refractivity contribution in [3.63, 3.8) is 0 Å². The maximum absolute atomic E-state index is 12.2. The van der Waals surface area contributed by atoms with Gasteiger partial charge in [-0.15, -0.1) is 0 Å². The maximum Gasteiger partial charge on any atom is 0.189 e. The lowest BCUT2D eigenvalue weighted by molar-refractivity contribution is -0.00870. The molecule has 3 aromatic carbocycles. The Labute approximate surface area is 309 Å². The van der Waals surface area contributed by atoms with Crippen LogP contribution < -0.4 is 25.4 Å². The average Bonchev–Trinajstić information content (AvgIpc) is 2.98. The summed E-state index contributed by atoms with van der Waals surface area (Å²) in [5, 5.41) is 15.8. The summed E-state index contributed by atoms with van der Waals surface area (Å²) in [7, 11) is 1.52. The molecule has 0 saturated carbocycles. The zero-order valence-electron chi connectivity index (χ0n) is 30.7. The van der Waals surface area contributed by atoms with E-state index in [1.807, 2.05) is 57.2 Å². The molecule has 0 unspecified atom stereocenters. The van der Waals surface area contributed by atoms with Crippen molar-refractivity contribution in [2.45, 2.75) is 78.6 Å². The van der Waals surface area contributed by atoms with Gasteiger partial charge in [0.05, 0.1) is 26.4 Å². The summed E-state index contributed by atoms with van der Waals surface area (Å²) in [6.07, 6.45) is 0. The van der Waals surface area contributed by atoms with E-state index in [1.165, 1.54) is 0 Å².